The van der Waals surface area contributed by atoms with Gasteiger partial charge in [0.1, 0.15) is 0 Å². The summed E-state index contributed by atoms with van der Waals surface area (Å²) in [7, 11) is 0. The van der Waals surface area contributed by atoms with Gasteiger partial charge in [-0.3, -0.25) is 0 Å². The summed E-state index contributed by atoms with van der Waals surface area (Å²) < 4.78 is 1.30. The molecule has 0 spiro atoms. The Morgan fingerprint density at radius 2 is 2.00 bits per heavy atom. The zero-order valence-corrected chi connectivity index (χ0v) is 14.7. The summed E-state index contributed by atoms with van der Waals surface area (Å²) in [6.45, 7) is 12.3. The molecule has 0 fully saturated rings. The average molecular weight is 332 g/mol. The molecule has 3 heteroatoms. The van der Waals surface area contributed by atoms with E-state index in [1.54, 1.807) is 0 Å². The van der Waals surface area contributed by atoms with Gasteiger partial charge in [-0.15, -0.1) is 11.3 Å². The third kappa shape index (κ3) is 6.35. The fourth-order valence-electron chi connectivity index (χ4n) is 1.92. The molecule has 0 saturated heterocycles. The molecule has 1 nitrogen and oxygen atoms in total. The first kappa shape index (κ1) is 16.2. The second-order valence-corrected chi connectivity index (χ2v) is 8.43. The van der Waals surface area contributed by atoms with E-state index in [4.69, 9.17) is 0 Å². The highest BCUT2D eigenvalue weighted by molar-refractivity contribution is 9.10. The molecule has 0 amide bonds. The van der Waals surface area contributed by atoms with E-state index >= 15 is 0 Å². The maximum atomic E-state index is 3.64. The standard InChI is InChI=1S/C15H26BrNS/c1-11(8-9-17-15(3,4)5)6-7-14-13(16)10-12(2)18-14/h10-11,17H,6-9H2,1-5H3. The van der Waals surface area contributed by atoms with E-state index in [0.29, 0.717) is 0 Å². The largest absolute Gasteiger partial charge is 0.312 e. The maximum Gasteiger partial charge on any atom is 0.0317 e. The van der Waals surface area contributed by atoms with E-state index in [9.17, 15) is 0 Å². The lowest BCUT2D eigenvalue weighted by molar-refractivity contribution is 0.387. The van der Waals surface area contributed by atoms with Crippen molar-refractivity contribution in [3.63, 3.8) is 0 Å². The number of halogens is 1. The van der Waals surface area contributed by atoms with Crippen molar-refractivity contribution in [3.8, 4) is 0 Å². The van der Waals surface area contributed by atoms with Crippen LogP contribution >= 0.6 is 27.3 Å². The van der Waals surface area contributed by atoms with E-state index in [-0.39, 0.29) is 5.54 Å². The molecule has 0 radical (unpaired) electrons. The number of rotatable bonds is 6. The summed E-state index contributed by atoms with van der Waals surface area (Å²) in [5, 5.41) is 3.56. The van der Waals surface area contributed by atoms with Gasteiger partial charge in [0.05, 0.1) is 0 Å². The minimum absolute atomic E-state index is 0.244. The van der Waals surface area contributed by atoms with E-state index < -0.39 is 0 Å². The quantitative estimate of drug-likeness (QED) is 0.758. The minimum Gasteiger partial charge on any atom is -0.312 e. The first-order valence-corrected chi connectivity index (χ1v) is 8.39. The van der Waals surface area contributed by atoms with Crippen molar-refractivity contribution in [2.45, 2.75) is 59.4 Å². The SMILES string of the molecule is Cc1cc(Br)c(CCC(C)CCNC(C)(C)C)s1. The maximum absolute atomic E-state index is 3.64. The summed E-state index contributed by atoms with van der Waals surface area (Å²) in [4.78, 5) is 2.90. The van der Waals surface area contributed by atoms with Crippen LogP contribution in [0.15, 0.2) is 10.5 Å². The monoisotopic (exact) mass is 331 g/mol. The van der Waals surface area contributed by atoms with E-state index in [2.05, 4.69) is 61.9 Å². The van der Waals surface area contributed by atoms with E-state index in [0.717, 1.165) is 12.5 Å². The molecule has 18 heavy (non-hydrogen) atoms. The summed E-state index contributed by atoms with van der Waals surface area (Å²) >= 11 is 5.57. The van der Waals surface area contributed by atoms with Crippen LogP contribution in [0.1, 0.15) is 50.3 Å². The minimum atomic E-state index is 0.244. The molecule has 0 bridgehead atoms. The summed E-state index contributed by atoms with van der Waals surface area (Å²) in [5.41, 5.74) is 0.244. The van der Waals surface area contributed by atoms with Crippen LogP contribution in [-0.2, 0) is 6.42 Å². The lowest BCUT2D eigenvalue weighted by atomic mass is 10.0. The Kier molecular flexibility index (Phi) is 6.36. The lowest BCUT2D eigenvalue weighted by Crippen LogP contribution is -2.36. The van der Waals surface area contributed by atoms with Crippen molar-refractivity contribution in [1.82, 2.24) is 5.32 Å². The van der Waals surface area contributed by atoms with Crippen molar-refractivity contribution >= 4 is 27.3 Å². The summed E-state index contributed by atoms with van der Waals surface area (Å²) in [6.07, 6.45) is 3.75. The van der Waals surface area contributed by atoms with Crippen LogP contribution in [0.3, 0.4) is 0 Å². The predicted octanol–water partition coefficient (Wildman–Crippen LogP) is 5.17. The Morgan fingerprint density at radius 1 is 1.33 bits per heavy atom. The molecular formula is C15H26BrNS. The van der Waals surface area contributed by atoms with Gasteiger partial charge in [-0.25, -0.2) is 0 Å². The summed E-state index contributed by atoms with van der Waals surface area (Å²) in [5.74, 6) is 0.786. The molecule has 104 valence electrons. The Morgan fingerprint density at radius 3 is 2.50 bits per heavy atom. The third-order valence-corrected chi connectivity index (χ3v) is 5.12. The van der Waals surface area contributed by atoms with Crippen molar-refractivity contribution in [2.24, 2.45) is 5.92 Å². The Labute approximate surface area is 125 Å². The van der Waals surface area contributed by atoms with Gasteiger partial charge in [-0.2, -0.15) is 0 Å². The molecule has 0 aliphatic carbocycles. The molecule has 1 heterocycles. The molecule has 1 unspecified atom stereocenters. The van der Waals surface area contributed by atoms with Crippen LogP contribution in [0.2, 0.25) is 0 Å². The topological polar surface area (TPSA) is 12.0 Å². The number of nitrogens with one attached hydrogen (secondary N) is 1. The Hall–Kier alpha value is 0.140. The zero-order valence-electron chi connectivity index (χ0n) is 12.3. The second-order valence-electron chi connectivity index (χ2n) is 6.24. The van der Waals surface area contributed by atoms with Gasteiger partial charge in [-0.1, -0.05) is 6.92 Å². The van der Waals surface area contributed by atoms with Gasteiger partial charge < -0.3 is 5.32 Å². The van der Waals surface area contributed by atoms with Crippen molar-refractivity contribution < 1.29 is 0 Å². The molecule has 1 N–H and O–H groups in total. The van der Waals surface area contributed by atoms with Crippen LogP contribution in [0.25, 0.3) is 0 Å². The highest BCUT2D eigenvalue weighted by atomic mass is 79.9. The predicted molar refractivity (Wildman–Crippen MR) is 86.6 cm³/mol. The van der Waals surface area contributed by atoms with Crippen LogP contribution in [0.5, 0.6) is 0 Å². The first-order chi connectivity index (χ1) is 8.28. The van der Waals surface area contributed by atoms with Gasteiger partial charge in [0.15, 0.2) is 0 Å². The Balaban J connectivity index is 2.25. The zero-order chi connectivity index (χ0) is 13.8. The molecular weight excluding hydrogens is 306 g/mol. The highest BCUT2D eigenvalue weighted by Gasteiger charge is 2.11. The molecule has 1 aromatic heterocycles. The van der Waals surface area contributed by atoms with Gasteiger partial charge in [0, 0.05) is 19.8 Å². The number of thiophene rings is 1. The van der Waals surface area contributed by atoms with Crippen LogP contribution in [0, 0.1) is 12.8 Å². The van der Waals surface area contributed by atoms with Crippen molar-refractivity contribution in [1.29, 1.82) is 0 Å². The Bertz CT molecular complexity index is 365. The van der Waals surface area contributed by atoms with Gasteiger partial charge in [0.25, 0.3) is 0 Å². The highest BCUT2D eigenvalue weighted by Crippen LogP contribution is 2.29. The van der Waals surface area contributed by atoms with Crippen molar-refractivity contribution in [2.75, 3.05) is 6.54 Å². The van der Waals surface area contributed by atoms with E-state index in [1.165, 1.54) is 33.5 Å². The molecule has 1 rings (SSSR count). The molecule has 1 atom stereocenters. The van der Waals surface area contributed by atoms with Crippen LogP contribution < -0.4 is 5.32 Å². The molecule has 1 aromatic rings. The number of hydrogen-bond acceptors (Lipinski definition) is 2. The van der Waals surface area contributed by atoms with Crippen LogP contribution in [0.4, 0.5) is 0 Å². The number of aryl methyl sites for hydroxylation is 2. The summed E-state index contributed by atoms with van der Waals surface area (Å²) in [6, 6.07) is 2.23. The van der Waals surface area contributed by atoms with Gasteiger partial charge in [-0.05, 0) is 81.4 Å². The van der Waals surface area contributed by atoms with Crippen LogP contribution in [-0.4, -0.2) is 12.1 Å². The fourth-order valence-corrected chi connectivity index (χ4v) is 3.80. The molecule has 0 aromatic carbocycles. The smallest absolute Gasteiger partial charge is 0.0317 e. The van der Waals surface area contributed by atoms with Gasteiger partial charge in [0.2, 0.25) is 0 Å². The fraction of sp³-hybridized carbons (Fsp3) is 0.733. The molecule has 0 aliphatic heterocycles. The average Bonchev–Trinajstić information content (AvgIpc) is 2.52. The van der Waals surface area contributed by atoms with Crippen molar-refractivity contribution in [3.05, 3.63) is 20.3 Å². The third-order valence-electron chi connectivity index (χ3n) is 3.04. The first-order valence-electron chi connectivity index (χ1n) is 6.78. The lowest BCUT2D eigenvalue weighted by Gasteiger charge is -2.21. The van der Waals surface area contributed by atoms with Gasteiger partial charge >= 0.3 is 0 Å². The molecule has 0 aliphatic rings. The number of hydrogen-bond donors (Lipinski definition) is 1. The molecule has 0 saturated carbocycles. The second kappa shape index (κ2) is 7.06. The normalized spacial score (nSPS) is 13.9. The van der Waals surface area contributed by atoms with E-state index in [1.807, 2.05) is 11.3 Å².